The summed E-state index contributed by atoms with van der Waals surface area (Å²) in [6.45, 7) is 6.60. The highest BCUT2D eigenvalue weighted by atomic mass is 16.5. The molecule has 2 aromatic rings. The van der Waals surface area contributed by atoms with Crippen LogP contribution in [0.1, 0.15) is 38.3 Å². The van der Waals surface area contributed by atoms with E-state index in [1.165, 1.54) is 18.5 Å². The molecule has 26 heavy (non-hydrogen) atoms. The van der Waals surface area contributed by atoms with Crippen molar-refractivity contribution in [2.75, 3.05) is 24.6 Å². The van der Waals surface area contributed by atoms with E-state index in [0.717, 1.165) is 24.6 Å². The normalized spacial score (nSPS) is 18.2. The van der Waals surface area contributed by atoms with E-state index in [-0.39, 0.29) is 18.6 Å². The minimum absolute atomic E-state index is 0.0259. The van der Waals surface area contributed by atoms with Crippen LogP contribution in [-0.2, 0) is 4.79 Å². The second-order valence-electron chi connectivity index (χ2n) is 7.18. The summed E-state index contributed by atoms with van der Waals surface area (Å²) in [6, 6.07) is 17.9. The zero-order valence-corrected chi connectivity index (χ0v) is 15.7. The van der Waals surface area contributed by atoms with E-state index in [2.05, 4.69) is 41.4 Å². The Balaban J connectivity index is 1.51. The number of hydrogen-bond acceptors (Lipinski definition) is 3. The van der Waals surface area contributed by atoms with Crippen molar-refractivity contribution in [3.8, 4) is 5.75 Å². The largest absolute Gasteiger partial charge is 0.484 e. The van der Waals surface area contributed by atoms with Gasteiger partial charge >= 0.3 is 0 Å². The van der Waals surface area contributed by atoms with Crippen LogP contribution in [-0.4, -0.2) is 25.6 Å². The van der Waals surface area contributed by atoms with Gasteiger partial charge in [-0.3, -0.25) is 4.79 Å². The van der Waals surface area contributed by atoms with Gasteiger partial charge in [-0.25, -0.2) is 0 Å². The molecular formula is C22H28N2O2. The molecule has 4 heteroatoms. The number of piperidine rings is 1. The van der Waals surface area contributed by atoms with Gasteiger partial charge in [0.25, 0.3) is 5.91 Å². The number of benzene rings is 2. The summed E-state index contributed by atoms with van der Waals surface area (Å²) < 4.78 is 5.49. The zero-order valence-electron chi connectivity index (χ0n) is 15.7. The van der Waals surface area contributed by atoms with Crippen LogP contribution in [0.2, 0.25) is 0 Å². The van der Waals surface area contributed by atoms with Crippen molar-refractivity contribution in [1.29, 1.82) is 0 Å². The predicted molar refractivity (Wildman–Crippen MR) is 106 cm³/mol. The second-order valence-corrected chi connectivity index (χ2v) is 7.18. The van der Waals surface area contributed by atoms with Crippen molar-refractivity contribution in [3.05, 3.63) is 60.2 Å². The molecule has 1 amide bonds. The summed E-state index contributed by atoms with van der Waals surface area (Å²) in [7, 11) is 0. The number of amides is 1. The highest BCUT2D eigenvalue weighted by molar-refractivity contribution is 5.78. The number of anilines is 1. The molecule has 0 aliphatic carbocycles. The molecule has 0 radical (unpaired) electrons. The lowest BCUT2D eigenvalue weighted by molar-refractivity contribution is -0.123. The molecule has 4 nitrogen and oxygen atoms in total. The first-order chi connectivity index (χ1) is 12.6. The highest BCUT2D eigenvalue weighted by Gasteiger charge is 2.17. The quantitative estimate of drug-likeness (QED) is 0.848. The molecule has 1 N–H and O–H groups in total. The Bertz CT molecular complexity index is 700. The molecule has 2 atom stereocenters. The SMILES string of the molecule is CC1CCCN(c2ccc(C(C)NC(=O)COc3ccccc3)cc2)C1. The van der Waals surface area contributed by atoms with E-state index in [1.807, 2.05) is 37.3 Å². The van der Waals surface area contributed by atoms with Crippen molar-refractivity contribution in [1.82, 2.24) is 5.32 Å². The summed E-state index contributed by atoms with van der Waals surface area (Å²) in [4.78, 5) is 14.6. The Morgan fingerprint density at radius 3 is 2.62 bits per heavy atom. The maximum Gasteiger partial charge on any atom is 0.258 e. The molecular weight excluding hydrogens is 324 g/mol. The van der Waals surface area contributed by atoms with E-state index >= 15 is 0 Å². The van der Waals surface area contributed by atoms with Crippen LogP contribution in [0.15, 0.2) is 54.6 Å². The maximum absolute atomic E-state index is 12.1. The summed E-state index contributed by atoms with van der Waals surface area (Å²) in [5.74, 6) is 1.34. The molecule has 0 saturated carbocycles. The van der Waals surface area contributed by atoms with Crippen LogP contribution in [0.3, 0.4) is 0 Å². The second kappa shape index (κ2) is 8.75. The molecule has 0 spiro atoms. The third-order valence-corrected chi connectivity index (χ3v) is 4.91. The minimum atomic E-state index is -0.115. The van der Waals surface area contributed by atoms with E-state index in [9.17, 15) is 4.79 Å². The van der Waals surface area contributed by atoms with Crippen LogP contribution in [0, 0.1) is 5.92 Å². The first-order valence-electron chi connectivity index (χ1n) is 9.44. The number of rotatable bonds is 6. The van der Waals surface area contributed by atoms with Gasteiger partial charge in [0.15, 0.2) is 6.61 Å². The Kier molecular flexibility index (Phi) is 6.16. The lowest BCUT2D eigenvalue weighted by atomic mass is 9.99. The molecule has 1 aliphatic heterocycles. The van der Waals surface area contributed by atoms with E-state index in [1.54, 1.807) is 0 Å². The molecule has 2 unspecified atom stereocenters. The molecule has 1 saturated heterocycles. The number of carbonyl (C=O) groups is 1. The van der Waals surface area contributed by atoms with Gasteiger partial charge < -0.3 is 15.0 Å². The molecule has 0 aromatic heterocycles. The van der Waals surface area contributed by atoms with Crippen LogP contribution in [0.4, 0.5) is 5.69 Å². The Morgan fingerprint density at radius 1 is 1.19 bits per heavy atom. The van der Waals surface area contributed by atoms with Gasteiger partial charge in [-0.1, -0.05) is 37.3 Å². The fourth-order valence-electron chi connectivity index (χ4n) is 3.43. The number of nitrogens with zero attached hydrogens (tertiary/aromatic N) is 1. The Labute approximate surface area is 156 Å². The first kappa shape index (κ1) is 18.3. The Hall–Kier alpha value is -2.49. The van der Waals surface area contributed by atoms with Crippen LogP contribution < -0.4 is 15.0 Å². The molecule has 3 rings (SSSR count). The Morgan fingerprint density at radius 2 is 1.92 bits per heavy atom. The van der Waals surface area contributed by atoms with Crippen LogP contribution in [0.5, 0.6) is 5.75 Å². The molecule has 0 bridgehead atoms. The van der Waals surface area contributed by atoms with Crippen LogP contribution >= 0.6 is 0 Å². The lowest BCUT2D eigenvalue weighted by Gasteiger charge is -2.33. The topological polar surface area (TPSA) is 41.6 Å². The number of hydrogen-bond donors (Lipinski definition) is 1. The average Bonchev–Trinajstić information content (AvgIpc) is 2.67. The monoisotopic (exact) mass is 352 g/mol. The van der Waals surface area contributed by atoms with Gasteiger partial charge in [0.1, 0.15) is 5.75 Å². The summed E-state index contributed by atoms with van der Waals surface area (Å²) in [5, 5.41) is 2.99. The highest BCUT2D eigenvalue weighted by Crippen LogP contribution is 2.24. The van der Waals surface area contributed by atoms with Crippen molar-refractivity contribution in [2.45, 2.75) is 32.7 Å². The zero-order chi connectivity index (χ0) is 18.4. The van der Waals surface area contributed by atoms with E-state index in [4.69, 9.17) is 4.74 Å². The molecule has 2 aromatic carbocycles. The fraction of sp³-hybridized carbons (Fsp3) is 0.409. The van der Waals surface area contributed by atoms with Crippen molar-refractivity contribution >= 4 is 11.6 Å². The fourth-order valence-corrected chi connectivity index (χ4v) is 3.43. The molecule has 1 aliphatic rings. The summed E-state index contributed by atoms with van der Waals surface area (Å²) >= 11 is 0. The minimum Gasteiger partial charge on any atom is -0.484 e. The number of nitrogens with one attached hydrogen (secondary N) is 1. The maximum atomic E-state index is 12.1. The van der Waals surface area contributed by atoms with E-state index in [0.29, 0.717) is 5.75 Å². The van der Waals surface area contributed by atoms with Crippen molar-refractivity contribution in [3.63, 3.8) is 0 Å². The predicted octanol–water partition coefficient (Wildman–Crippen LogP) is 4.18. The molecule has 138 valence electrons. The van der Waals surface area contributed by atoms with Crippen molar-refractivity contribution < 1.29 is 9.53 Å². The lowest BCUT2D eigenvalue weighted by Crippen LogP contribution is -2.34. The number of para-hydroxylation sites is 1. The smallest absolute Gasteiger partial charge is 0.258 e. The summed E-state index contributed by atoms with van der Waals surface area (Å²) in [6.07, 6.45) is 2.58. The van der Waals surface area contributed by atoms with Gasteiger partial charge in [-0.2, -0.15) is 0 Å². The average molecular weight is 352 g/mol. The van der Waals surface area contributed by atoms with Crippen LogP contribution in [0.25, 0.3) is 0 Å². The van der Waals surface area contributed by atoms with Gasteiger partial charge in [-0.15, -0.1) is 0 Å². The molecule has 1 heterocycles. The van der Waals surface area contributed by atoms with Gasteiger partial charge in [0.05, 0.1) is 6.04 Å². The van der Waals surface area contributed by atoms with Crippen molar-refractivity contribution in [2.24, 2.45) is 5.92 Å². The summed E-state index contributed by atoms with van der Waals surface area (Å²) in [5.41, 5.74) is 2.37. The number of ether oxygens (including phenoxy) is 1. The van der Waals surface area contributed by atoms with Gasteiger partial charge in [-0.05, 0) is 55.5 Å². The van der Waals surface area contributed by atoms with E-state index < -0.39 is 0 Å². The van der Waals surface area contributed by atoms with Gasteiger partial charge in [0.2, 0.25) is 0 Å². The van der Waals surface area contributed by atoms with Gasteiger partial charge in [0, 0.05) is 18.8 Å². The molecule has 1 fully saturated rings. The number of carbonyl (C=O) groups excluding carboxylic acids is 1. The first-order valence-corrected chi connectivity index (χ1v) is 9.44. The third-order valence-electron chi connectivity index (χ3n) is 4.91. The third kappa shape index (κ3) is 5.01. The standard InChI is InChI=1S/C22H28N2O2/c1-17-7-6-14-24(15-17)20-12-10-19(11-13-20)18(2)23-22(25)16-26-21-8-4-3-5-9-21/h3-5,8-13,17-18H,6-7,14-16H2,1-2H3,(H,23,25).